The second-order valence-electron chi connectivity index (χ2n) is 7.98. The third-order valence-electron chi connectivity index (χ3n) is 6.00. The lowest BCUT2D eigenvalue weighted by molar-refractivity contribution is -0.121. The maximum atomic E-state index is 13.2. The van der Waals surface area contributed by atoms with Gasteiger partial charge in [-0.2, -0.15) is 5.01 Å². The van der Waals surface area contributed by atoms with Gasteiger partial charge in [-0.1, -0.05) is 53.7 Å². The topological polar surface area (TPSA) is 79.7 Å². The van der Waals surface area contributed by atoms with E-state index in [-0.39, 0.29) is 5.91 Å². The van der Waals surface area contributed by atoms with Crippen molar-refractivity contribution in [1.29, 1.82) is 0 Å². The Bertz CT molecular complexity index is 1590. The number of pyridine rings is 2. The number of carbonyl (C=O) groups is 1. The van der Waals surface area contributed by atoms with Gasteiger partial charge in [-0.25, -0.2) is 9.97 Å². The van der Waals surface area contributed by atoms with Crippen molar-refractivity contribution in [3.05, 3.63) is 100 Å². The number of amides is 1. The van der Waals surface area contributed by atoms with Gasteiger partial charge in [0.2, 0.25) is 16.7 Å². The molecule has 0 bridgehead atoms. The van der Waals surface area contributed by atoms with Crippen molar-refractivity contribution in [2.75, 3.05) is 5.32 Å². The third kappa shape index (κ3) is 2.66. The standard InChI is InChI=1S/C25H14ClN5O2S/c26-16-8-9-19-18(12-16)25(24(32)28-19)31-20(13-34-25)33-23(30-31)17-11-15-7-4-10-27-22(15)29-21(17)14-5-2-1-3-6-14/h1-13H,(H,28,32). The zero-order valence-electron chi connectivity index (χ0n) is 17.4. The number of nitrogens with zero attached hydrogens (tertiary/aromatic N) is 4. The molecule has 5 heterocycles. The molecule has 9 heteroatoms. The van der Waals surface area contributed by atoms with Gasteiger partial charge in [-0.3, -0.25) is 4.79 Å². The molecule has 0 fully saturated rings. The number of anilines is 1. The van der Waals surface area contributed by atoms with Crippen LogP contribution in [0.15, 0.2) is 89.3 Å². The average Bonchev–Trinajstić information content (AvgIpc) is 3.52. The Morgan fingerprint density at radius 2 is 1.94 bits per heavy atom. The summed E-state index contributed by atoms with van der Waals surface area (Å²) in [4.78, 5) is 21.3. The summed E-state index contributed by atoms with van der Waals surface area (Å²) in [6, 6.07) is 21.0. The van der Waals surface area contributed by atoms with Crippen LogP contribution < -0.4 is 5.32 Å². The molecule has 164 valence electrons. The quantitative estimate of drug-likeness (QED) is 0.417. The van der Waals surface area contributed by atoms with Crippen LogP contribution >= 0.6 is 23.4 Å². The van der Waals surface area contributed by atoms with E-state index in [9.17, 15) is 4.79 Å². The van der Waals surface area contributed by atoms with Gasteiger partial charge in [0.05, 0.1) is 11.3 Å². The first-order chi connectivity index (χ1) is 16.6. The van der Waals surface area contributed by atoms with Crippen LogP contribution in [-0.2, 0) is 14.4 Å². The summed E-state index contributed by atoms with van der Waals surface area (Å²) in [5.41, 5.74) is 4.43. The summed E-state index contributed by atoms with van der Waals surface area (Å²) in [6.45, 7) is 0. The average molecular weight is 484 g/mol. The Labute approximate surface area is 203 Å². The fourth-order valence-corrected chi connectivity index (χ4v) is 5.72. The number of aromatic nitrogens is 2. The summed E-state index contributed by atoms with van der Waals surface area (Å²) in [6.07, 6.45) is 1.72. The number of hydrazone groups is 1. The van der Waals surface area contributed by atoms with Crippen molar-refractivity contribution >= 4 is 51.9 Å². The number of nitrogens with one attached hydrogen (secondary N) is 1. The molecule has 1 spiro atoms. The first kappa shape index (κ1) is 19.6. The van der Waals surface area contributed by atoms with Crippen LogP contribution in [-0.4, -0.2) is 26.8 Å². The Morgan fingerprint density at radius 3 is 2.82 bits per heavy atom. The minimum absolute atomic E-state index is 0.196. The fourth-order valence-electron chi connectivity index (χ4n) is 4.44. The van der Waals surface area contributed by atoms with Crippen molar-refractivity contribution in [1.82, 2.24) is 15.0 Å². The molecule has 3 aliphatic rings. The third-order valence-corrected chi connectivity index (χ3v) is 7.47. The maximum absolute atomic E-state index is 13.2. The van der Waals surface area contributed by atoms with Gasteiger partial charge >= 0.3 is 0 Å². The van der Waals surface area contributed by atoms with Gasteiger partial charge < -0.3 is 10.1 Å². The molecule has 7 rings (SSSR count). The first-order valence-corrected chi connectivity index (χ1v) is 11.8. The van der Waals surface area contributed by atoms with Crippen LogP contribution in [0.1, 0.15) is 11.1 Å². The van der Waals surface area contributed by atoms with Crippen molar-refractivity contribution in [3.63, 3.8) is 0 Å². The molecule has 1 amide bonds. The molecule has 0 saturated carbocycles. The summed E-state index contributed by atoms with van der Waals surface area (Å²) >= 11 is 7.62. The Hall–Kier alpha value is -3.88. The Balaban J connectivity index is 1.41. The number of benzene rings is 2. The minimum Gasteiger partial charge on any atom is -0.418 e. The number of carbonyl (C=O) groups excluding carboxylic acids is 1. The maximum Gasteiger partial charge on any atom is 0.268 e. The van der Waals surface area contributed by atoms with E-state index in [0.29, 0.717) is 39.4 Å². The van der Waals surface area contributed by atoms with Gasteiger partial charge in [0.15, 0.2) is 5.65 Å². The number of halogens is 1. The van der Waals surface area contributed by atoms with E-state index in [2.05, 4.69) is 10.3 Å². The molecule has 0 aliphatic carbocycles. The molecule has 4 aromatic rings. The van der Waals surface area contributed by atoms with Crippen molar-refractivity contribution < 1.29 is 9.53 Å². The molecule has 7 nitrogen and oxygen atoms in total. The van der Waals surface area contributed by atoms with Gasteiger partial charge in [-0.05, 0) is 36.4 Å². The fraction of sp³-hybridized carbons (Fsp3) is 0.0400. The molecular formula is C25H14ClN5O2S. The van der Waals surface area contributed by atoms with Crippen LogP contribution in [0.2, 0.25) is 5.02 Å². The van der Waals surface area contributed by atoms with E-state index in [1.54, 1.807) is 29.4 Å². The molecule has 1 unspecified atom stereocenters. The highest BCUT2D eigenvalue weighted by atomic mass is 35.5. The molecule has 2 aromatic carbocycles. The van der Waals surface area contributed by atoms with Crippen LogP contribution in [0.5, 0.6) is 0 Å². The number of rotatable bonds is 2. The van der Waals surface area contributed by atoms with Crippen LogP contribution in [0.25, 0.3) is 22.3 Å². The highest BCUT2D eigenvalue weighted by molar-refractivity contribution is 8.04. The van der Waals surface area contributed by atoms with Crippen LogP contribution in [0.3, 0.4) is 0 Å². The summed E-state index contributed by atoms with van der Waals surface area (Å²) in [5.74, 6) is 0.651. The zero-order chi connectivity index (χ0) is 22.9. The smallest absolute Gasteiger partial charge is 0.268 e. The molecule has 0 saturated heterocycles. The number of hydrogen-bond donors (Lipinski definition) is 1. The Morgan fingerprint density at radius 1 is 1.06 bits per heavy atom. The summed E-state index contributed by atoms with van der Waals surface area (Å²) in [7, 11) is 0. The minimum atomic E-state index is -1.12. The summed E-state index contributed by atoms with van der Waals surface area (Å²) in [5, 5.41) is 12.6. The second kappa shape index (κ2) is 7.06. The Kier molecular flexibility index (Phi) is 4.06. The van der Waals surface area contributed by atoms with E-state index >= 15 is 0 Å². The van der Waals surface area contributed by atoms with E-state index in [4.69, 9.17) is 26.4 Å². The van der Waals surface area contributed by atoms with Gasteiger partial charge in [0, 0.05) is 38.8 Å². The van der Waals surface area contributed by atoms with Gasteiger partial charge in [-0.15, -0.1) is 5.10 Å². The van der Waals surface area contributed by atoms with E-state index in [1.165, 1.54) is 11.8 Å². The number of thioether (sulfide) groups is 1. The largest absolute Gasteiger partial charge is 0.418 e. The molecule has 2 aromatic heterocycles. The van der Waals surface area contributed by atoms with Crippen LogP contribution in [0.4, 0.5) is 5.69 Å². The SMILES string of the molecule is O=C1Nc2ccc(Cl)cc2C12SC=C1OC(c3cc4cccnc4nc3-c3ccccc3)=NN12. The zero-order valence-corrected chi connectivity index (χ0v) is 19.0. The monoisotopic (exact) mass is 483 g/mol. The van der Waals surface area contributed by atoms with Gasteiger partial charge in [0.1, 0.15) is 0 Å². The molecular weight excluding hydrogens is 470 g/mol. The molecule has 1 N–H and O–H groups in total. The lowest BCUT2D eigenvalue weighted by atomic mass is 10.0. The highest BCUT2D eigenvalue weighted by Gasteiger charge is 2.59. The predicted octanol–water partition coefficient (Wildman–Crippen LogP) is 5.29. The summed E-state index contributed by atoms with van der Waals surface area (Å²) < 4.78 is 6.21. The van der Waals surface area contributed by atoms with E-state index in [1.807, 2.05) is 53.9 Å². The lowest BCUT2D eigenvalue weighted by Crippen LogP contribution is -2.41. The van der Waals surface area contributed by atoms with E-state index < -0.39 is 4.87 Å². The predicted molar refractivity (Wildman–Crippen MR) is 132 cm³/mol. The number of hydrogen-bond acceptors (Lipinski definition) is 7. The molecule has 3 aliphatic heterocycles. The normalized spacial score (nSPS) is 20.1. The first-order valence-electron chi connectivity index (χ1n) is 10.5. The number of fused-ring (bicyclic) bond motifs is 5. The van der Waals surface area contributed by atoms with Crippen molar-refractivity contribution in [2.24, 2.45) is 5.10 Å². The molecule has 1 atom stereocenters. The lowest BCUT2D eigenvalue weighted by Gasteiger charge is -2.27. The highest BCUT2D eigenvalue weighted by Crippen LogP contribution is 2.56. The molecule has 34 heavy (non-hydrogen) atoms. The second-order valence-corrected chi connectivity index (χ2v) is 9.48. The van der Waals surface area contributed by atoms with E-state index in [0.717, 1.165) is 16.5 Å². The van der Waals surface area contributed by atoms with Crippen molar-refractivity contribution in [3.8, 4) is 11.3 Å². The van der Waals surface area contributed by atoms with Crippen LogP contribution in [0, 0.1) is 0 Å². The molecule has 0 radical (unpaired) electrons. The van der Waals surface area contributed by atoms with Crippen molar-refractivity contribution in [2.45, 2.75) is 4.87 Å². The number of ether oxygens (including phenoxy) is 1. The van der Waals surface area contributed by atoms with Gasteiger partial charge in [0.25, 0.3) is 5.91 Å².